The summed E-state index contributed by atoms with van der Waals surface area (Å²) in [5, 5.41) is 0.770. The molecule has 0 saturated carbocycles. The van der Waals surface area contributed by atoms with Gasteiger partial charge < -0.3 is 4.90 Å². The third-order valence-corrected chi connectivity index (χ3v) is 3.93. The number of hydrogen-bond donors (Lipinski definition) is 4. The third-order valence-electron chi connectivity index (χ3n) is 3.67. The summed E-state index contributed by atoms with van der Waals surface area (Å²) in [6.45, 7) is 5.84. The first-order valence-corrected chi connectivity index (χ1v) is 7.79. The Kier molecular flexibility index (Phi) is 6.73. The van der Waals surface area contributed by atoms with E-state index in [-0.39, 0.29) is 0 Å². The monoisotopic (exact) mass is 326 g/mol. The molecular formula is C14H23ClN6O. The Labute approximate surface area is 135 Å². The molecule has 0 unspecified atom stereocenters. The van der Waals surface area contributed by atoms with Crippen molar-refractivity contribution in [3.63, 3.8) is 0 Å². The average molecular weight is 327 g/mol. The number of piperazine rings is 1. The second-order valence-electron chi connectivity index (χ2n) is 5.18. The van der Waals surface area contributed by atoms with Gasteiger partial charge in [-0.05, 0) is 37.2 Å². The van der Waals surface area contributed by atoms with Gasteiger partial charge in [0, 0.05) is 43.4 Å². The molecule has 1 aromatic rings. The van der Waals surface area contributed by atoms with E-state index in [1.165, 1.54) is 5.69 Å². The fraction of sp³-hybridized carbons (Fsp3) is 0.500. The molecule has 7 nitrogen and oxygen atoms in total. The highest BCUT2D eigenvalue weighted by Gasteiger charge is 2.16. The van der Waals surface area contributed by atoms with Crippen LogP contribution in [0.3, 0.4) is 0 Å². The molecule has 0 radical (unpaired) electrons. The van der Waals surface area contributed by atoms with E-state index in [4.69, 9.17) is 17.4 Å². The lowest BCUT2D eigenvalue weighted by Crippen LogP contribution is -2.49. The molecule has 1 aromatic carbocycles. The molecule has 0 aliphatic carbocycles. The first-order valence-electron chi connectivity index (χ1n) is 7.41. The highest BCUT2D eigenvalue weighted by molar-refractivity contribution is 6.30. The first-order chi connectivity index (χ1) is 10.7. The minimum Gasteiger partial charge on any atom is -0.369 e. The highest BCUT2D eigenvalue weighted by atomic mass is 35.5. The van der Waals surface area contributed by atoms with Gasteiger partial charge in [0.1, 0.15) is 0 Å². The standard InChI is InChI=1S/C14H23ClN6O/c15-12-2-4-13(5-3-12)21-10-8-20(9-11-21)7-1-6-17-19-14(22)18-16/h2-5,17H,1,6-11,16H2,(H2,18,19,22). The van der Waals surface area contributed by atoms with E-state index in [9.17, 15) is 4.79 Å². The quantitative estimate of drug-likeness (QED) is 0.265. The Morgan fingerprint density at radius 2 is 1.86 bits per heavy atom. The van der Waals surface area contributed by atoms with Gasteiger partial charge in [0.15, 0.2) is 0 Å². The van der Waals surface area contributed by atoms with Crippen LogP contribution in [0.4, 0.5) is 10.5 Å². The van der Waals surface area contributed by atoms with Crippen molar-refractivity contribution in [3.05, 3.63) is 29.3 Å². The minimum absolute atomic E-state index is 0.434. The van der Waals surface area contributed by atoms with Crippen molar-refractivity contribution in [3.8, 4) is 0 Å². The predicted molar refractivity (Wildman–Crippen MR) is 88.6 cm³/mol. The van der Waals surface area contributed by atoms with Gasteiger partial charge >= 0.3 is 6.03 Å². The van der Waals surface area contributed by atoms with Crippen molar-refractivity contribution in [1.29, 1.82) is 0 Å². The summed E-state index contributed by atoms with van der Waals surface area (Å²) in [5.74, 6) is 4.95. The molecular weight excluding hydrogens is 304 g/mol. The van der Waals surface area contributed by atoms with Crippen molar-refractivity contribution in [1.82, 2.24) is 21.2 Å². The molecule has 1 fully saturated rings. The minimum atomic E-state index is -0.434. The molecule has 5 N–H and O–H groups in total. The fourth-order valence-corrected chi connectivity index (χ4v) is 2.58. The van der Waals surface area contributed by atoms with E-state index >= 15 is 0 Å². The van der Waals surface area contributed by atoms with Crippen molar-refractivity contribution < 1.29 is 4.79 Å². The van der Waals surface area contributed by atoms with Crippen LogP contribution in [0.5, 0.6) is 0 Å². The molecule has 2 rings (SSSR count). The second kappa shape index (κ2) is 8.79. The number of nitrogens with zero attached hydrogens (tertiary/aromatic N) is 2. The Morgan fingerprint density at radius 1 is 1.18 bits per heavy atom. The van der Waals surface area contributed by atoms with E-state index in [0.717, 1.165) is 44.2 Å². The normalized spacial score (nSPS) is 15.6. The number of benzene rings is 1. The summed E-state index contributed by atoms with van der Waals surface area (Å²) in [7, 11) is 0. The van der Waals surface area contributed by atoms with Crippen LogP contribution in [0.1, 0.15) is 6.42 Å². The third kappa shape index (κ3) is 5.34. The molecule has 22 heavy (non-hydrogen) atoms. The molecule has 8 heteroatoms. The van der Waals surface area contributed by atoms with Gasteiger partial charge in [0.2, 0.25) is 0 Å². The van der Waals surface area contributed by atoms with Crippen molar-refractivity contribution in [2.24, 2.45) is 5.84 Å². The SMILES string of the molecule is NNC(=O)NNCCCN1CCN(c2ccc(Cl)cc2)CC1. The Bertz CT molecular complexity index is 461. The topological polar surface area (TPSA) is 85.7 Å². The number of amides is 2. The Hall–Kier alpha value is -1.54. The summed E-state index contributed by atoms with van der Waals surface area (Å²) in [5.41, 5.74) is 8.48. The zero-order chi connectivity index (χ0) is 15.8. The maximum absolute atomic E-state index is 10.8. The number of halogens is 1. The molecule has 1 aliphatic rings. The molecule has 0 atom stereocenters. The molecule has 1 saturated heterocycles. The number of rotatable bonds is 6. The summed E-state index contributed by atoms with van der Waals surface area (Å²) < 4.78 is 0. The number of carbonyl (C=O) groups excluding carboxylic acids is 1. The molecule has 0 bridgehead atoms. The van der Waals surface area contributed by atoms with E-state index in [1.54, 1.807) is 0 Å². The van der Waals surface area contributed by atoms with Crippen molar-refractivity contribution >= 4 is 23.3 Å². The summed E-state index contributed by atoms with van der Waals surface area (Å²) in [6.07, 6.45) is 0.964. The van der Waals surface area contributed by atoms with Crippen LogP contribution in [0.25, 0.3) is 0 Å². The van der Waals surface area contributed by atoms with Crippen LogP contribution >= 0.6 is 11.6 Å². The van der Waals surface area contributed by atoms with Gasteiger partial charge in [-0.25, -0.2) is 16.1 Å². The van der Waals surface area contributed by atoms with E-state index in [1.807, 2.05) is 17.6 Å². The molecule has 2 amide bonds. The van der Waals surface area contributed by atoms with Crippen LogP contribution < -0.4 is 27.0 Å². The van der Waals surface area contributed by atoms with Gasteiger partial charge in [-0.1, -0.05) is 11.6 Å². The maximum atomic E-state index is 10.8. The van der Waals surface area contributed by atoms with Gasteiger partial charge in [-0.15, -0.1) is 0 Å². The molecule has 1 heterocycles. The number of carbonyl (C=O) groups is 1. The lowest BCUT2D eigenvalue weighted by molar-refractivity contribution is 0.233. The number of urea groups is 1. The number of hydrazine groups is 2. The summed E-state index contributed by atoms with van der Waals surface area (Å²) in [4.78, 5) is 15.6. The summed E-state index contributed by atoms with van der Waals surface area (Å²) in [6, 6.07) is 7.56. The average Bonchev–Trinajstić information content (AvgIpc) is 2.55. The fourth-order valence-electron chi connectivity index (χ4n) is 2.45. The number of nitrogens with one attached hydrogen (secondary N) is 3. The molecule has 1 aliphatic heterocycles. The zero-order valence-electron chi connectivity index (χ0n) is 12.5. The zero-order valence-corrected chi connectivity index (χ0v) is 13.3. The van der Waals surface area contributed by atoms with Gasteiger partial charge in [-0.2, -0.15) is 0 Å². The van der Waals surface area contributed by atoms with Crippen molar-refractivity contribution in [2.45, 2.75) is 6.42 Å². The van der Waals surface area contributed by atoms with Gasteiger partial charge in [0.05, 0.1) is 0 Å². The number of anilines is 1. The number of nitrogens with two attached hydrogens (primary N) is 1. The van der Waals surface area contributed by atoms with Crippen LogP contribution in [0, 0.1) is 0 Å². The lowest BCUT2D eigenvalue weighted by Gasteiger charge is -2.36. The summed E-state index contributed by atoms with van der Waals surface area (Å²) >= 11 is 5.92. The van der Waals surface area contributed by atoms with Crippen molar-refractivity contribution in [2.75, 3.05) is 44.2 Å². The Balaban J connectivity index is 1.61. The molecule has 122 valence electrons. The Morgan fingerprint density at radius 3 is 2.50 bits per heavy atom. The first kappa shape index (κ1) is 16.8. The van der Waals surface area contributed by atoms with Crippen LogP contribution in [0.15, 0.2) is 24.3 Å². The highest BCUT2D eigenvalue weighted by Crippen LogP contribution is 2.19. The smallest absolute Gasteiger partial charge is 0.343 e. The van der Waals surface area contributed by atoms with E-state index in [0.29, 0.717) is 6.54 Å². The van der Waals surface area contributed by atoms with Gasteiger partial charge in [0.25, 0.3) is 0 Å². The molecule has 0 spiro atoms. The van der Waals surface area contributed by atoms with E-state index in [2.05, 4.69) is 32.8 Å². The lowest BCUT2D eigenvalue weighted by atomic mass is 10.2. The van der Waals surface area contributed by atoms with Crippen LogP contribution in [-0.4, -0.2) is 50.2 Å². The van der Waals surface area contributed by atoms with Crippen LogP contribution in [0.2, 0.25) is 5.02 Å². The largest absolute Gasteiger partial charge is 0.369 e. The van der Waals surface area contributed by atoms with E-state index < -0.39 is 6.03 Å². The van der Waals surface area contributed by atoms with Crippen LogP contribution in [-0.2, 0) is 0 Å². The maximum Gasteiger partial charge on any atom is 0.343 e. The predicted octanol–water partition coefficient (Wildman–Crippen LogP) is 0.530. The second-order valence-corrected chi connectivity index (χ2v) is 5.62. The molecule has 0 aromatic heterocycles. The number of hydrogen-bond acceptors (Lipinski definition) is 5. The van der Waals surface area contributed by atoms with Gasteiger partial charge in [-0.3, -0.25) is 15.8 Å².